The van der Waals surface area contributed by atoms with Crippen LogP contribution in [0.2, 0.25) is 10.0 Å². The Kier molecular flexibility index (Phi) is 4.08. The van der Waals surface area contributed by atoms with E-state index in [0.29, 0.717) is 27.0 Å². The minimum Gasteiger partial charge on any atom is -0.481 e. The molecule has 2 aromatic rings. The Balaban J connectivity index is 2.44. The summed E-state index contributed by atoms with van der Waals surface area (Å²) in [5.74, 6) is -0.876. The second-order valence-corrected chi connectivity index (χ2v) is 4.98. The normalized spacial score (nSPS) is 10.5. The van der Waals surface area contributed by atoms with Crippen LogP contribution in [0.4, 0.5) is 0 Å². The van der Waals surface area contributed by atoms with Crippen LogP contribution < -0.4 is 0 Å². The van der Waals surface area contributed by atoms with Crippen molar-refractivity contribution in [2.75, 3.05) is 0 Å². The SMILES string of the molecule is Cc1nc(-c2cc(Cl)ccc2Cl)ccc1CC(=O)O. The molecule has 0 aliphatic carbocycles. The van der Waals surface area contributed by atoms with Gasteiger partial charge in [-0.2, -0.15) is 0 Å². The number of pyridine rings is 1. The van der Waals surface area contributed by atoms with E-state index in [1.54, 1.807) is 37.3 Å². The van der Waals surface area contributed by atoms with E-state index in [2.05, 4.69) is 4.98 Å². The zero-order valence-electron chi connectivity index (χ0n) is 10.2. The fourth-order valence-corrected chi connectivity index (χ4v) is 2.17. The van der Waals surface area contributed by atoms with Gasteiger partial charge in [-0.25, -0.2) is 0 Å². The number of benzene rings is 1. The number of aromatic nitrogens is 1. The van der Waals surface area contributed by atoms with Gasteiger partial charge in [0.15, 0.2) is 0 Å². The Morgan fingerprint density at radius 1 is 1.26 bits per heavy atom. The summed E-state index contributed by atoms with van der Waals surface area (Å²) in [4.78, 5) is 15.1. The molecule has 0 spiro atoms. The number of carboxylic acid groups (broad SMARTS) is 1. The van der Waals surface area contributed by atoms with Gasteiger partial charge in [-0.1, -0.05) is 29.3 Å². The van der Waals surface area contributed by atoms with E-state index < -0.39 is 5.97 Å². The molecule has 1 N–H and O–H groups in total. The van der Waals surface area contributed by atoms with Crippen molar-refractivity contribution in [3.05, 3.63) is 51.6 Å². The molecule has 5 heteroatoms. The maximum atomic E-state index is 10.7. The fraction of sp³-hybridized carbons (Fsp3) is 0.143. The Morgan fingerprint density at radius 3 is 2.63 bits per heavy atom. The van der Waals surface area contributed by atoms with Gasteiger partial charge in [-0.3, -0.25) is 9.78 Å². The second-order valence-electron chi connectivity index (χ2n) is 4.14. The Labute approximate surface area is 120 Å². The predicted molar refractivity (Wildman–Crippen MR) is 75.8 cm³/mol. The van der Waals surface area contributed by atoms with Crippen molar-refractivity contribution in [1.29, 1.82) is 0 Å². The number of aliphatic carboxylic acids is 1. The van der Waals surface area contributed by atoms with Crippen LogP contribution in [0.5, 0.6) is 0 Å². The second kappa shape index (κ2) is 5.59. The third kappa shape index (κ3) is 3.25. The van der Waals surface area contributed by atoms with Crippen molar-refractivity contribution in [3.63, 3.8) is 0 Å². The lowest BCUT2D eigenvalue weighted by atomic mass is 10.1. The zero-order valence-corrected chi connectivity index (χ0v) is 11.7. The monoisotopic (exact) mass is 295 g/mol. The first kappa shape index (κ1) is 13.8. The highest BCUT2D eigenvalue weighted by atomic mass is 35.5. The first-order valence-corrected chi connectivity index (χ1v) is 6.36. The summed E-state index contributed by atoms with van der Waals surface area (Å²) in [5, 5.41) is 9.93. The van der Waals surface area contributed by atoms with Gasteiger partial charge in [0.05, 0.1) is 17.1 Å². The first-order chi connectivity index (χ1) is 8.97. The van der Waals surface area contributed by atoms with Gasteiger partial charge in [0.25, 0.3) is 0 Å². The summed E-state index contributed by atoms with van der Waals surface area (Å²) in [6.07, 6.45) is -0.0393. The lowest BCUT2D eigenvalue weighted by molar-refractivity contribution is -0.136. The molecule has 0 saturated carbocycles. The van der Waals surface area contributed by atoms with Gasteiger partial charge in [-0.15, -0.1) is 0 Å². The average molecular weight is 296 g/mol. The number of nitrogens with zero attached hydrogens (tertiary/aromatic N) is 1. The van der Waals surface area contributed by atoms with Crippen LogP contribution >= 0.6 is 23.2 Å². The number of carboxylic acids is 1. The molecule has 19 heavy (non-hydrogen) atoms. The van der Waals surface area contributed by atoms with Crippen molar-refractivity contribution in [2.24, 2.45) is 0 Å². The van der Waals surface area contributed by atoms with Crippen molar-refractivity contribution in [3.8, 4) is 11.3 Å². The van der Waals surface area contributed by atoms with Gasteiger partial charge in [0.1, 0.15) is 0 Å². The van der Waals surface area contributed by atoms with Crippen LogP contribution in [0, 0.1) is 6.92 Å². The molecule has 1 heterocycles. The van der Waals surface area contributed by atoms with E-state index in [1.807, 2.05) is 0 Å². The molecule has 0 fully saturated rings. The highest BCUT2D eigenvalue weighted by molar-refractivity contribution is 6.35. The fourth-order valence-electron chi connectivity index (χ4n) is 1.78. The molecule has 1 aromatic carbocycles. The predicted octanol–water partition coefficient (Wildman–Crippen LogP) is 3.99. The Hall–Kier alpha value is -1.58. The number of carbonyl (C=O) groups is 1. The molecular weight excluding hydrogens is 285 g/mol. The third-order valence-corrected chi connectivity index (χ3v) is 3.31. The Bertz CT molecular complexity index is 641. The van der Waals surface area contributed by atoms with Crippen LogP contribution in [0.15, 0.2) is 30.3 Å². The van der Waals surface area contributed by atoms with Crippen molar-refractivity contribution in [1.82, 2.24) is 4.98 Å². The van der Waals surface area contributed by atoms with Crippen molar-refractivity contribution in [2.45, 2.75) is 13.3 Å². The summed E-state index contributed by atoms with van der Waals surface area (Å²) >= 11 is 12.1. The van der Waals surface area contributed by atoms with Gasteiger partial charge in [0.2, 0.25) is 0 Å². The Morgan fingerprint density at radius 2 is 2.00 bits per heavy atom. The molecule has 0 radical (unpaired) electrons. The molecule has 0 aliphatic rings. The number of rotatable bonds is 3. The number of aryl methyl sites for hydroxylation is 1. The quantitative estimate of drug-likeness (QED) is 0.931. The summed E-state index contributed by atoms with van der Waals surface area (Å²) < 4.78 is 0. The van der Waals surface area contributed by atoms with Gasteiger partial charge in [0, 0.05) is 16.3 Å². The van der Waals surface area contributed by atoms with Gasteiger partial charge < -0.3 is 5.11 Å². The molecule has 0 atom stereocenters. The minimum absolute atomic E-state index is 0.0393. The van der Waals surface area contributed by atoms with Crippen molar-refractivity contribution < 1.29 is 9.90 Å². The minimum atomic E-state index is -0.876. The van der Waals surface area contributed by atoms with E-state index in [9.17, 15) is 4.79 Å². The van der Waals surface area contributed by atoms with E-state index >= 15 is 0 Å². The summed E-state index contributed by atoms with van der Waals surface area (Å²) in [7, 11) is 0. The molecule has 0 amide bonds. The van der Waals surface area contributed by atoms with E-state index in [1.165, 1.54) is 0 Å². The molecule has 1 aromatic heterocycles. The molecule has 0 bridgehead atoms. The maximum Gasteiger partial charge on any atom is 0.307 e. The highest BCUT2D eigenvalue weighted by Gasteiger charge is 2.10. The lowest BCUT2D eigenvalue weighted by Crippen LogP contribution is -2.03. The summed E-state index contributed by atoms with van der Waals surface area (Å²) in [6, 6.07) is 8.66. The van der Waals surface area contributed by atoms with Gasteiger partial charge >= 0.3 is 5.97 Å². The van der Waals surface area contributed by atoms with Crippen LogP contribution in [0.25, 0.3) is 11.3 Å². The number of halogens is 2. The first-order valence-electron chi connectivity index (χ1n) is 5.61. The van der Waals surface area contributed by atoms with Crippen molar-refractivity contribution >= 4 is 29.2 Å². The summed E-state index contributed by atoms with van der Waals surface area (Å²) in [5.41, 5.74) is 2.78. The van der Waals surface area contributed by atoms with E-state index in [0.717, 1.165) is 5.56 Å². The smallest absolute Gasteiger partial charge is 0.307 e. The average Bonchev–Trinajstić information content (AvgIpc) is 2.34. The third-order valence-electron chi connectivity index (χ3n) is 2.74. The number of hydrogen-bond acceptors (Lipinski definition) is 2. The number of hydrogen-bond donors (Lipinski definition) is 1. The maximum absolute atomic E-state index is 10.7. The molecule has 0 aliphatic heterocycles. The molecule has 98 valence electrons. The van der Waals surface area contributed by atoms with Gasteiger partial charge in [-0.05, 0) is 36.8 Å². The molecule has 0 unspecified atom stereocenters. The van der Waals surface area contributed by atoms with Crippen LogP contribution in [0.3, 0.4) is 0 Å². The van der Waals surface area contributed by atoms with Crippen LogP contribution in [-0.4, -0.2) is 16.1 Å². The largest absolute Gasteiger partial charge is 0.481 e. The molecule has 0 saturated heterocycles. The van der Waals surface area contributed by atoms with E-state index in [-0.39, 0.29) is 6.42 Å². The van der Waals surface area contributed by atoms with Crippen LogP contribution in [0.1, 0.15) is 11.3 Å². The standard InChI is InChI=1S/C14H11Cl2NO2/c1-8-9(6-14(18)19)2-5-13(17-8)11-7-10(15)3-4-12(11)16/h2-5,7H,6H2,1H3,(H,18,19). The highest BCUT2D eigenvalue weighted by Crippen LogP contribution is 2.29. The van der Waals surface area contributed by atoms with E-state index in [4.69, 9.17) is 28.3 Å². The lowest BCUT2D eigenvalue weighted by Gasteiger charge is -2.08. The molecular formula is C14H11Cl2NO2. The topological polar surface area (TPSA) is 50.2 Å². The molecule has 3 nitrogen and oxygen atoms in total. The molecule has 2 rings (SSSR count). The zero-order chi connectivity index (χ0) is 14.0. The van der Waals surface area contributed by atoms with Crippen LogP contribution in [-0.2, 0) is 11.2 Å². The summed E-state index contributed by atoms with van der Waals surface area (Å²) in [6.45, 7) is 1.78.